The number of aromatic nitrogens is 2. The minimum Gasteiger partial charge on any atom is -0.341 e. The number of halogens is 3. The van der Waals surface area contributed by atoms with Crippen LogP contribution in [-0.4, -0.2) is 36.5 Å². The molecule has 1 aromatic heterocycles. The van der Waals surface area contributed by atoms with Gasteiger partial charge in [-0.1, -0.05) is 60.7 Å². The number of nitrogens with zero attached hydrogens (tertiary/aromatic N) is 1. The Morgan fingerprint density at radius 1 is 0.923 bits per heavy atom. The topological polar surface area (TPSA) is 104 Å². The van der Waals surface area contributed by atoms with Crippen molar-refractivity contribution in [3.8, 4) is 11.4 Å². The van der Waals surface area contributed by atoms with Crippen LogP contribution in [0.2, 0.25) is 0 Å². The number of nitrogens with one attached hydrogen (secondary N) is 3. The van der Waals surface area contributed by atoms with Crippen LogP contribution in [0.25, 0.3) is 22.4 Å². The van der Waals surface area contributed by atoms with E-state index in [4.69, 9.17) is 0 Å². The van der Waals surface area contributed by atoms with Gasteiger partial charge in [-0.25, -0.2) is 18.1 Å². The molecule has 1 aliphatic rings. The van der Waals surface area contributed by atoms with Gasteiger partial charge >= 0.3 is 6.18 Å². The summed E-state index contributed by atoms with van der Waals surface area (Å²) in [6.07, 6.45) is -3.41. The highest BCUT2D eigenvalue weighted by Gasteiger charge is 2.43. The molecule has 7 nitrogen and oxygen atoms in total. The maximum Gasteiger partial charge on any atom is 0.412 e. The number of hydrogen-bond acceptors (Lipinski definition) is 4. The molecule has 3 N–H and O–H groups in total. The van der Waals surface area contributed by atoms with Crippen molar-refractivity contribution in [2.24, 2.45) is 5.92 Å². The number of fused-ring (bicyclic) bond motifs is 1. The molecule has 0 bridgehead atoms. The summed E-state index contributed by atoms with van der Waals surface area (Å²) in [7, 11) is -3.87. The van der Waals surface area contributed by atoms with Crippen molar-refractivity contribution in [3.63, 3.8) is 0 Å². The molecule has 204 valence electrons. The molecule has 1 atom stereocenters. The first-order chi connectivity index (χ1) is 18.6. The Morgan fingerprint density at radius 2 is 1.56 bits per heavy atom. The third-order valence-corrected chi connectivity index (χ3v) is 8.50. The number of alkyl halides is 3. The molecule has 0 aliphatic heterocycles. The molecule has 0 spiro atoms. The summed E-state index contributed by atoms with van der Waals surface area (Å²) >= 11 is 0. The summed E-state index contributed by atoms with van der Waals surface area (Å²) in [6, 6.07) is 18.8. The number of carbonyl (C=O) groups excluding carboxylic acids is 1. The van der Waals surface area contributed by atoms with E-state index in [2.05, 4.69) is 20.0 Å². The first-order valence-corrected chi connectivity index (χ1v) is 14.1. The molecule has 11 heteroatoms. The van der Waals surface area contributed by atoms with Gasteiger partial charge in [0.15, 0.2) is 6.04 Å². The predicted molar refractivity (Wildman–Crippen MR) is 141 cm³/mol. The second kappa shape index (κ2) is 10.8. The van der Waals surface area contributed by atoms with E-state index in [1.807, 2.05) is 30.3 Å². The molecule has 0 unspecified atom stereocenters. The number of imidazole rings is 1. The van der Waals surface area contributed by atoms with Crippen molar-refractivity contribution < 1.29 is 26.4 Å². The number of benzene rings is 3. The van der Waals surface area contributed by atoms with Crippen molar-refractivity contribution in [1.29, 1.82) is 0 Å². The average Bonchev–Trinajstić information content (AvgIpc) is 3.36. The van der Waals surface area contributed by atoms with Crippen molar-refractivity contribution in [2.75, 3.05) is 0 Å². The molecule has 3 aromatic carbocycles. The molecule has 1 heterocycles. The van der Waals surface area contributed by atoms with Gasteiger partial charge in [0.1, 0.15) is 5.82 Å². The maximum atomic E-state index is 13.6. The summed E-state index contributed by atoms with van der Waals surface area (Å²) < 4.78 is 69.8. The zero-order chi connectivity index (χ0) is 27.6. The normalized spacial score (nSPS) is 19.1. The molecule has 5 rings (SSSR count). The van der Waals surface area contributed by atoms with Crippen molar-refractivity contribution >= 4 is 27.0 Å². The van der Waals surface area contributed by atoms with Gasteiger partial charge in [0, 0.05) is 17.5 Å². The molecule has 4 aromatic rings. The van der Waals surface area contributed by atoms with E-state index in [1.54, 1.807) is 12.1 Å². The number of H-pyrrole nitrogens is 1. The molecule has 39 heavy (non-hydrogen) atoms. The lowest BCUT2D eigenvalue weighted by molar-refractivity contribution is -0.165. The van der Waals surface area contributed by atoms with E-state index in [0.717, 1.165) is 5.56 Å². The first-order valence-electron chi connectivity index (χ1n) is 12.6. The highest BCUT2D eigenvalue weighted by molar-refractivity contribution is 7.89. The van der Waals surface area contributed by atoms with E-state index in [-0.39, 0.29) is 23.3 Å². The molecule has 1 aliphatic carbocycles. The molecule has 1 fully saturated rings. The van der Waals surface area contributed by atoms with Gasteiger partial charge in [-0.05, 0) is 49.4 Å². The van der Waals surface area contributed by atoms with Gasteiger partial charge in [0.25, 0.3) is 0 Å². The van der Waals surface area contributed by atoms with E-state index in [0.29, 0.717) is 29.7 Å². The van der Waals surface area contributed by atoms with Crippen LogP contribution >= 0.6 is 0 Å². The Labute approximate surface area is 223 Å². The van der Waals surface area contributed by atoms with Crippen molar-refractivity contribution in [3.05, 3.63) is 84.4 Å². The lowest BCUT2D eigenvalue weighted by atomic mass is 9.85. The second-order valence-electron chi connectivity index (χ2n) is 9.69. The standard InChI is InChI=1S/C28H27F3N4O3S/c29-28(30,31)25(18-7-3-1-4-8-18)34-27(36)20-11-13-21(14-12-20)35-39(37,38)22-15-16-23-24(17-22)33-26(32-23)19-9-5-2-6-10-19/h1-10,15-17,20-21,25,35H,11-14H2,(H,32,33)(H,34,36)/t20?,21?,25-/m0/s1. The second-order valence-corrected chi connectivity index (χ2v) is 11.4. The van der Waals surface area contributed by atoms with Crippen LogP contribution in [0.1, 0.15) is 37.3 Å². The van der Waals surface area contributed by atoms with Crippen LogP contribution in [0, 0.1) is 5.92 Å². The van der Waals surface area contributed by atoms with Crippen LogP contribution in [0.3, 0.4) is 0 Å². The third-order valence-electron chi connectivity index (χ3n) is 6.98. The lowest BCUT2D eigenvalue weighted by Gasteiger charge is -2.30. The SMILES string of the molecule is O=C(N[C@@H](c1ccccc1)C(F)(F)F)C1CCC(NS(=O)(=O)c2ccc3nc(-c4ccccc4)[nH]c3c2)CC1. The number of rotatable bonds is 7. The maximum absolute atomic E-state index is 13.6. The van der Waals surface area contributed by atoms with Gasteiger partial charge < -0.3 is 10.3 Å². The third kappa shape index (κ3) is 6.15. The highest BCUT2D eigenvalue weighted by atomic mass is 32.2. The van der Waals surface area contributed by atoms with Gasteiger partial charge in [0.2, 0.25) is 15.9 Å². The Morgan fingerprint density at radius 3 is 2.21 bits per heavy atom. The largest absolute Gasteiger partial charge is 0.412 e. The van der Waals surface area contributed by atoms with Crippen molar-refractivity contribution in [2.45, 2.75) is 48.8 Å². The Balaban J connectivity index is 1.21. The van der Waals surface area contributed by atoms with E-state index >= 15 is 0 Å². The summed E-state index contributed by atoms with van der Waals surface area (Å²) in [4.78, 5) is 20.5. The average molecular weight is 557 g/mol. The minimum absolute atomic E-state index is 0.0371. The summed E-state index contributed by atoms with van der Waals surface area (Å²) in [6.45, 7) is 0. The van der Waals surface area contributed by atoms with Crippen LogP contribution in [0.4, 0.5) is 13.2 Å². The van der Waals surface area contributed by atoms with E-state index in [1.165, 1.54) is 36.4 Å². The molecule has 1 amide bonds. The fourth-order valence-corrected chi connectivity index (χ4v) is 6.24. The lowest BCUT2D eigenvalue weighted by Crippen LogP contribution is -2.44. The van der Waals surface area contributed by atoms with Crippen molar-refractivity contribution in [1.82, 2.24) is 20.0 Å². The highest BCUT2D eigenvalue weighted by Crippen LogP contribution is 2.34. The molecule has 0 saturated heterocycles. The Hall–Kier alpha value is -3.70. The number of hydrogen-bond donors (Lipinski definition) is 3. The molecular weight excluding hydrogens is 529 g/mol. The van der Waals surface area contributed by atoms with Gasteiger partial charge in [-0.2, -0.15) is 13.2 Å². The predicted octanol–water partition coefficient (Wildman–Crippen LogP) is 5.49. The number of carbonyl (C=O) groups is 1. The molecular formula is C28H27F3N4O3S. The van der Waals surface area contributed by atoms with Gasteiger partial charge in [0.05, 0.1) is 15.9 Å². The summed E-state index contributed by atoms with van der Waals surface area (Å²) in [5.74, 6) is -0.678. The fraction of sp³-hybridized carbons (Fsp3) is 0.286. The molecule has 0 radical (unpaired) electrons. The summed E-state index contributed by atoms with van der Waals surface area (Å²) in [5.41, 5.74) is 2.05. The van der Waals surface area contributed by atoms with E-state index < -0.39 is 40.1 Å². The van der Waals surface area contributed by atoms with Crippen LogP contribution < -0.4 is 10.0 Å². The Kier molecular flexibility index (Phi) is 7.46. The van der Waals surface area contributed by atoms with E-state index in [9.17, 15) is 26.4 Å². The minimum atomic E-state index is -4.64. The Bertz CT molecular complexity index is 1550. The zero-order valence-corrected chi connectivity index (χ0v) is 21.6. The molecule has 1 saturated carbocycles. The van der Waals surface area contributed by atoms with Crippen LogP contribution in [0.5, 0.6) is 0 Å². The number of amides is 1. The fourth-order valence-electron chi connectivity index (χ4n) is 4.91. The zero-order valence-electron chi connectivity index (χ0n) is 20.8. The van der Waals surface area contributed by atoms with Crippen LogP contribution in [0.15, 0.2) is 83.8 Å². The summed E-state index contributed by atoms with van der Waals surface area (Å²) in [5, 5.41) is 2.15. The number of aromatic amines is 1. The van der Waals surface area contributed by atoms with Gasteiger partial charge in [-0.3, -0.25) is 4.79 Å². The first kappa shape index (κ1) is 26.9. The monoisotopic (exact) mass is 556 g/mol. The van der Waals surface area contributed by atoms with Gasteiger partial charge in [-0.15, -0.1) is 0 Å². The quantitative estimate of drug-likeness (QED) is 0.280. The smallest absolute Gasteiger partial charge is 0.341 e. The number of sulfonamides is 1. The van der Waals surface area contributed by atoms with Crippen LogP contribution in [-0.2, 0) is 14.8 Å².